The number of hydrogen-bond acceptors (Lipinski definition) is 9. The molecule has 9 heteroatoms. The number of allylic oxidation sites excluding steroid dienone is 2. The largest absolute Gasteiger partial charge is 0.290 e. The van der Waals surface area contributed by atoms with Gasteiger partial charge in [0.2, 0.25) is 0 Å². The first-order valence-corrected chi connectivity index (χ1v) is 8.01. The predicted molar refractivity (Wildman–Crippen MR) is 90.1 cm³/mol. The molecule has 0 radical (unpaired) electrons. The zero-order chi connectivity index (χ0) is 17.2. The highest BCUT2D eigenvalue weighted by molar-refractivity contribution is 8.03. The van der Waals surface area contributed by atoms with Gasteiger partial charge in [-0.3, -0.25) is 4.79 Å². The molecule has 2 heterocycles. The maximum atomic E-state index is 11.8. The van der Waals surface area contributed by atoms with Crippen LogP contribution in [0.5, 0.6) is 0 Å². The monoisotopic (exact) mass is 352 g/mol. The Hall–Kier alpha value is -3.01. The third-order valence-electron chi connectivity index (χ3n) is 2.43. The van der Waals surface area contributed by atoms with Crippen molar-refractivity contribution in [3.05, 3.63) is 48.3 Å². The van der Waals surface area contributed by atoms with E-state index >= 15 is 0 Å². The highest BCUT2D eigenvalue weighted by Crippen LogP contribution is 2.14. The van der Waals surface area contributed by atoms with Crippen molar-refractivity contribution in [2.45, 2.75) is 10.1 Å². The van der Waals surface area contributed by atoms with Crippen LogP contribution in [-0.4, -0.2) is 25.7 Å². The second kappa shape index (κ2) is 9.20. The second-order valence-electron chi connectivity index (χ2n) is 3.99. The maximum absolute atomic E-state index is 11.8. The molecule has 0 amide bonds. The normalized spacial score (nSPS) is 10.6. The van der Waals surface area contributed by atoms with Gasteiger partial charge in [-0.1, -0.05) is 0 Å². The number of hydrogen-bond donors (Lipinski definition) is 0. The Kier molecular flexibility index (Phi) is 6.65. The fourth-order valence-corrected chi connectivity index (χ4v) is 2.20. The Balaban J connectivity index is 2.02. The number of rotatable bonds is 6. The van der Waals surface area contributed by atoms with E-state index in [9.17, 15) is 4.79 Å². The molecule has 0 atom stereocenters. The van der Waals surface area contributed by atoms with Gasteiger partial charge in [0.1, 0.15) is 27.2 Å². The average Bonchev–Trinajstić information content (AvgIpc) is 2.59. The van der Waals surface area contributed by atoms with Gasteiger partial charge in [0.15, 0.2) is 11.6 Å². The maximum Gasteiger partial charge on any atom is 0.178 e. The molecule has 2 rings (SSSR count). The van der Waals surface area contributed by atoms with E-state index < -0.39 is 0 Å². The highest BCUT2D eigenvalue weighted by atomic mass is 32.2. The van der Waals surface area contributed by atoms with E-state index in [2.05, 4.69) is 19.9 Å². The van der Waals surface area contributed by atoms with Gasteiger partial charge >= 0.3 is 0 Å². The zero-order valence-corrected chi connectivity index (χ0v) is 13.7. The zero-order valence-electron chi connectivity index (χ0n) is 12.0. The summed E-state index contributed by atoms with van der Waals surface area (Å²) in [5.41, 5.74) is 0.521. The number of nitriles is 2. The van der Waals surface area contributed by atoms with Crippen LogP contribution < -0.4 is 0 Å². The number of thioether (sulfide) groups is 2. The molecule has 2 aromatic rings. The molecule has 116 valence electrons. The lowest BCUT2D eigenvalue weighted by atomic mass is 10.3. The SMILES string of the molecule is N#CSc1cc(/C=C/C(=O)/C=C/c2nccc(SC#N)n2)ncn1. The van der Waals surface area contributed by atoms with Crippen molar-refractivity contribution in [1.82, 2.24) is 19.9 Å². The summed E-state index contributed by atoms with van der Waals surface area (Å²) in [4.78, 5) is 27.8. The first-order chi connectivity index (χ1) is 11.7. The number of ketones is 1. The van der Waals surface area contributed by atoms with Crippen LogP contribution in [-0.2, 0) is 4.79 Å². The molecule has 0 aromatic carbocycles. The second-order valence-corrected chi connectivity index (χ2v) is 5.60. The molecule has 0 aliphatic carbocycles. The average molecular weight is 352 g/mol. The Morgan fingerprint density at radius 2 is 1.79 bits per heavy atom. The summed E-state index contributed by atoms with van der Waals surface area (Å²) >= 11 is 1.84. The molecule has 0 N–H and O–H groups in total. The number of nitrogens with zero attached hydrogens (tertiary/aromatic N) is 6. The first kappa shape index (κ1) is 17.3. The lowest BCUT2D eigenvalue weighted by molar-refractivity contribution is -0.110. The van der Waals surface area contributed by atoms with Crippen LogP contribution in [0.4, 0.5) is 0 Å². The van der Waals surface area contributed by atoms with Crippen LogP contribution >= 0.6 is 23.5 Å². The van der Waals surface area contributed by atoms with E-state index in [4.69, 9.17) is 10.5 Å². The summed E-state index contributed by atoms with van der Waals surface area (Å²) in [7, 11) is 0. The fraction of sp³-hybridized carbons (Fsp3) is 0. The van der Waals surface area contributed by atoms with Crippen molar-refractivity contribution < 1.29 is 4.79 Å². The summed E-state index contributed by atoms with van der Waals surface area (Å²) < 4.78 is 0. The van der Waals surface area contributed by atoms with Crippen molar-refractivity contribution in [3.8, 4) is 10.8 Å². The van der Waals surface area contributed by atoms with Crippen LogP contribution in [0.25, 0.3) is 12.2 Å². The van der Waals surface area contributed by atoms with E-state index in [1.165, 1.54) is 36.8 Å². The Labute approximate surface area is 146 Å². The van der Waals surface area contributed by atoms with E-state index in [1.54, 1.807) is 12.1 Å². The van der Waals surface area contributed by atoms with Crippen molar-refractivity contribution in [1.29, 1.82) is 10.5 Å². The molecule has 0 spiro atoms. The predicted octanol–water partition coefficient (Wildman–Crippen LogP) is 2.71. The lowest BCUT2D eigenvalue weighted by Crippen LogP contribution is -1.91. The van der Waals surface area contributed by atoms with Gasteiger partial charge in [0.25, 0.3) is 0 Å². The minimum absolute atomic E-state index is 0.273. The summed E-state index contributed by atoms with van der Waals surface area (Å²) in [5.74, 6) is 0.0665. The minimum Gasteiger partial charge on any atom is -0.290 e. The van der Waals surface area contributed by atoms with Crippen LogP contribution in [0, 0.1) is 21.3 Å². The van der Waals surface area contributed by atoms with Crippen molar-refractivity contribution in [2.24, 2.45) is 0 Å². The summed E-state index contributed by atoms with van der Waals surface area (Å²) in [6.45, 7) is 0. The van der Waals surface area contributed by atoms with Gasteiger partial charge in [-0.25, -0.2) is 19.9 Å². The molecular weight excluding hydrogens is 344 g/mol. The summed E-state index contributed by atoms with van der Waals surface area (Å²) in [5, 5.41) is 22.1. The standard InChI is InChI=1S/C15H8N6OS2/c16-8-23-14-5-6-18-13(21-14)4-3-12(22)2-1-11-7-15(24-9-17)20-10-19-11/h1-7,10H/b2-1+,4-3+. The van der Waals surface area contributed by atoms with Crippen molar-refractivity contribution >= 4 is 41.5 Å². The Morgan fingerprint density at radius 1 is 1.04 bits per heavy atom. The first-order valence-electron chi connectivity index (χ1n) is 6.38. The van der Waals surface area contributed by atoms with Gasteiger partial charge in [-0.05, 0) is 36.4 Å². The highest BCUT2D eigenvalue weighted by Gasteiger charge is 1.99. The van der Waals surface area contributed by atoms with Crippen LogP contribution in [0.1, 0.15) is 11.5 Å². The molecule has 7 nitrogen and oxygen atoms in total. The smallest absolute Gasteiger partial charge is 0.178 e. The fourth-order valence-electron chi connectivity index (χ4n) is 1.47. The van der Waals surface area contributed by atoms with Gasteiger partial charge in [-0.15, -0.1) is 0 Å². The van der Waals surface area contributed by atoms with E-state index in [-0.39, 0.29) is 5.78 Å². The number of aromatic nitrogens is 4. The van der Waals surface area contributed by atoms with Gasteiger partial charge in [0, 0.05) is 29.7 Å². The van der Waals surface area contributed by atoms with E-state index in [1.807, 2.05) is 10.8 Å². The van der Waals surface area contributed by atoms with Crippen LogP contribution in [0.2, 0.25) is 0 Å². The number of carbonyl (C=O) groups is 1. The quantitative estimate of drug-likeness (QED) is 0.335. The molecular formula is C15H8N6OS2. The van der Waals surface area contributed by atoms with E-state index in [0.717, 1.165) is 23.5 Å². The van der Waals surface area contributed by atoms with Gasteiger partial charge in [-0.2, -0.15) is 10.5 Å². The molecule has 0 fully saturated rings. The summed E-state index contributed by atoms with van der Waals surface area (Å²) in [6, 6.07) is 3.21. The molecule has 0 saturated carbocycles. The van der Waals surface area contributed by atoms with Gasteiger partial charge < -0.3 is 0 Å². The third-order valence-corrected chi connectivity index (χ3v) is 3.48. The van der Waals surface area contributed by atoms with Crippen LogP contribution in [0.3, 0.4) is 0 Å². The van der Waals surface area contributed by atoms with Crippen LogP contribution in [0.15, 0.2) is 46.9 Å². The topological polar surface area (TPSA) is 116 Å². The molecule has 0 aliphatic rings. The number of carbonyl (C=O) groups excluding carboxylic acids is 1. The van der Waals surface area contributed by atoms with E-state index in [0.29, 0.717) is 21.6 Å². The van der Waals surface area contributed by atoms with Crippen molar-refractivity contribution in [2.75, 3.05) is 0 Å². The molecule has 24 heavy (non-hydrogen) atoms. The Morgan fingerprint density at radius 3 is 2.58 bits per heavy atom. The molecule has 0 bridgehead atoms. The molecule has 0 unspecified atom stereocenters. The lowest BCUT2D eigenvalue weighted by Gasteiger charge is -1.95. The Bertz CT molecular complexity index is 811. The van der Waals surface area contributed by atoms with Gasteiger partial charge in [0.05, 0.1) is 5.69 Å². The number of thiocyanates is 2. The molecule has 0 saturated heterocycles. The molecule has 2 aromatic heterocycles. The van der Waals surface area contributed by atoms with Crippen molar-refractivity contribution in [3.63, 3.8) is 0 Å². The molecule has 0 aliphatic heterocycles. The summed E-state index contributed by atoms with van der Waals surface area (Å²) in [6.07, 6.45) is 8.49. The minimum atomic E-state index is -0.273. The third kappa shape index (κ3) is 5.65.